The van der Waals surface area contributed by atoms with E-state index in [9.17, 15) is 0 Å². The number of azo groups is 1. The molecule has 0 N–H and O–H groups in total. The normalized spacial score (nSPS) is 14.4. The molecule has 0 bridgehead atoms. The molecule has 0 heterocycles. The van der Waals surface area contributed by atoms with E-state index in [2.05, 4.69) is 10.2 Å². The predicted octanol–water partition coefficient (Wildman–Crippen LogP) is 4.72. The zero-order valence-corrected chi connectivity index (χ0v) is 9.20. The van der Waals surface area contributed by atoms with E-state index in [4.69, 9.17) is 5.48 Å². The Bertz CT molecular complexity index is 590. The summed E-state index contributed by atoms with van der Waals surface area (Å²) in [6.45, 7) is 3.61. The Morgan fingerprint density at radius 2 is 1.06 bits per heavy atom. The van der Waals surface area contributed by atoms with E-state index in [-0.39, 0.29) is 35.5 Å². The van der Waals surface area contributed by atoms with Gasteiger partial charge in [0.15, 0.2) is 0 Å². The second-order valence-corrected chi connectivity index (χ2v) is 3.54. The summed E-state index contributed by atoms with van der Waals surface area (Å²) in [7, 11) is 0. The first kappa shape index (κ1) is 6.59. The molecule has 2 aromatic carbocycles. The molecule has 0 unspecified atom stereocenters. The van der Waals surface area contributed by atoms with Gasteiger partial charge in [-0.05, 0) is 38.0 Å². The molecule has 0 aliphatic rings. The van der Waals surface area contributed by atoms with Gasteiger partial charge in [0.25, 0.3) is 0 Å². The standard InChI is InChI=1S/C14H14N2/c1-11-3-7-13(8-4-11)15-16-14-9-5-12(2)6-10-14/h3-10H,1-2H3/i7D,8D,9D,10D. The highest BCUT2D eigenvalue weighted by atomic mass is 15.1. The molecule has 16 heavy (non-hydrogen) atoms. The van der Waals surface area contributed by atoms with Crippen LogP contribution in [0, 0.1) is 13.8 Å². The van der Waals surface area contributed by atoms with Crippen molar-refractivity contribution in [2.24, 2.45) is 10.2 Å². The quantitative estimate of drug-likeness (QED) is 0.646. The summed E-state index contributed by atoms with van der Waals surface area (Å²) in [5, 5.41) is 7.76. The Kier molecular flexibility index (Phi) is 1.94. The maximum Gasteiger partial charge on any atom is 0.0857 e. The molecule has 2 nitrogen and oxygen atoms in total. The van der Waals surface area contributed by atoms with Crippen LogP contribution in [-0.2, 0) is 0 Å². The SMILES string of the molecule is [2H]c1cc(C)cc([2H])c1N=Nc1c([2H])cc(C)cc1[2H]. The minimum Gasteiger partial charge on any atom is -0.151 e. The van der Waals surface area contributed by atoms with Crippen LogP contribution < -0.4 is 0 Å². The van der Waals surface area contributed by atoms with Crippen molar-refractivity contribution in [3.63, 3.8) is 0 Å². The zero-order valence-electron chi connectivity index (χ0n) is 13.2. The molecule has 2 rings (SSSR count). The highest BCUT2D eigenvalue weighted by molar-refractivity contribution is 5.41. The number of hydrogen-bond acceptors (Lipinski definition) is 2. The van der Waals surface area contributed by atoms with E-state index in [1.165, 1.54) is 0 Å². The zero-order chi connectivity index (χ0) is 14.9. The summed E-state index contributed by atoms with van der Waals surface area (Å²) >= 11 is 0. The Morgan fingerprint density at radius 3 is 1.38 bits per heavy atom. The first-order chi connectivity index (χ1) is 9.38. The van der Waals surface area contributed by atoms with E-state index < -0.39 is 0 Å². The third kappa shape index (κ3) is 2.76. The largest absolute Gasteiger partial charge is 0.151 e. The topological polar surface area (TPSA) is 24.7 Å². The molecule has 0 spiro atoms. The summed E-state index contributed by atoms with van der Waals surface area (Å²) in [5.41, 5.74) is 1.93. The lowest BCUT2D eigenvalue weighted by Crippen LogP contribution is -1.69. The molecule has 2 aromatic rings. The average Bonchev–Trinajstić information content (AvgIpc) is 2.30. The van der Waals surface area contributed by atoms with Crippen LogP contribution in [0.15, 0.2) is 58.7 Å². The van der Waals surface area contributed by atoms with Crippen LogP contribution in [0.3, 0.4) is 0 Å². The van der Waals surface area contributed by atoms with E-state index in [1.807, 2.05) is 0 Å². The number of hydrogen-bond donors (Lipinski definition) is 0. The van der Waals surface area contributed by atoms with Gasteiger partial charge in [-0.25, -0.2) is 0 Å². The monoisotopic (exact) mass is 214 g/mol. The Labute approximate surface area is 101 Å². The molecule has 0 saturated carbocycles. The first-order valence-corrected chi connectivity index (χ1v) is 4.96. The fourth-order valence-corrected chi connectivity index (χ4v) is 1.11. The van der Waals surface area contributed by atoms with Crippen molar-refractivity contribution < 1.29 is 5.48 Å². The van der Waals surface area contributed by atoms with E-state index >= 15 is 0 Å². The highest BCUT2D eigenvalue weighted by Gasteiger charge is 1.90. The van der Waals surface area contributed by atoms with Crippen LogP contribution in [-0.4, -0.2) is 0 Å². The Balaban J connectivity index is 2.45. The van der Waals surface area contributed by atoms with Gasteiger partial charge in [0.1, 0.15) is 0 Å². The smallest absolute Gasteiger partial charge is 0.0857 e. The van der Waals surface area contributed by atoms with Gasteiger partial charge in [-0.3, -0.25) is 0 Å². The van der Waals surface area contributed by atoms with Gasteiger partial charge in [-0.2, -0.15) is 10.2 Å². The second kappa shape index (κ2) is 4.71. The molecule has 0 atom stereocenters. The number of nitrogens with zero attached hydrogens (tertiary/aromatic N) is 2. The van der Waals surface area contributed by atoms with Crippen LogP contribution in [0.1, 0.15) is 16.6 Å². The maximum absolute atomic E-state index is 7.79. The van der Waals surface area contributed by atoms with Gasteiger partial charge in [0.05, 0.1) is 16.9 Å². The highest BCUT2D eigenvalue weighted by Crippen LogP contribution is 2.18. The maximum atomic E-state index is 7.79. The summed E-state index contributed by atoms with van der Waals surface area (Å²) in [5.74, 6) is 0. The predicted molar refractivity (Wildman–Crippen MR) is 66.5 cm³/mol. The third-order valence-corrected chi connectivity index (χ3v) is 2.00. The molecule has 0 aliphatic carbocycles. The van der Waals surface area contributed by atoms with Gasteiger partial charge >= 0.3 is 0 Å². The van der Waals surface area contributed by atoms with Gasteiger partial charge in [-0.15, -0.1) is 0 Å². The minimum atomic E-state index is 0.115. The number of rotatable bonds is 2. The molecular formula is C14H14N2. The minimum absolute atomic E-state index is 0.115. The van der Waals surface area contributed by atoms with Crippen LogP contribution >= 0.6 is 0 Å². The molecule has 0 saturated heterocycles. The summed E-state index contributed by atoms with van der Waals surface area (Å²) in [6.07, 6.45) is 0. The van der Waals surface area contributed by atoms with Crippen molar-refractivity contribution in [2.45, 2.75) is 13.8 Å². The van der Waals surface area contributed by atoms with E-state index in [0.29, 0.717) is 0 Å². The Hall–Kier alpha value is -1.96. The molecule has 0 aromatic heterocycles. The second-order valence-electron chi connectivity index (χ2n) is 3.54. The lowest BCUT2D eigenvalue weighted by molar-refractivity contribution is 1.22. The molecular weight excluding hydrogens is 196 g/mol. The van der Waals surface area contributed by atoms with E-state index in [1.54, 1.807) is 38.1 Å². The summed E-state index contributed by atoms with van der Waals surface area (Å²) < 4.78 is 31.2. The van der Waals surface area contributed by atoms with Crippen molar-refractivity contribution in [1.29, 1.82) is 0 Å². The van der Waals surface area contributed by atoms with Crippen LogP contribution in [0.5, 0.6) is 0 Å². The van der Waals surface area contributed by atoms with Crippen LogP contribution in [0.25, 0.3) is 0 Å². The lowest BCUT2D eigenvalue weighted by atomic mass is 10.2. The molecule has 0 radical (unpaired) electrons. The van der Waals surface area contributed by atoms with Crippen molar-refractivity contribution in [1.82, 2.24) is 0 Å². The van der Waals surface area contributed by atoms with Crippen molar-refractivity contribution in [3.05, 3.63) is 59.6 Å². The van der Waals surface area contributed by atoms with E-state index in [0.717, 1.165) is 11.1 Å². The van der Waals surface area contributed by atoms with Gasteiger partial charge < -0.3 is 0 Å². The first-order valence-electron chi connectivity index (χ1n) is 6.96. The Morgan fingerprint density at radius 1 is 0.750 bits per heavy atom. The molecule has 0 amide bonds. The van der Waals surface area contributed by atoms with Gasteiger partial charge in [0, 0.05) is 0 Å². The van der Waals surface area contributed by atoms with Crippen molar-refractivity contribution >= 4 is 11.4 Å². The fourth-order valence-electron chi connectivity index (χ4n) is 1.11. The number of aryl methyl sites for hydroxylation is 2. The third-order valence-electron chi connectivity index (χ3n) is 2.00. The van der Waals surface area contributed by atoms with Crippen LogP contribution in [0.4, 0.5) is 11.4 Å². The number of benzene rings is 2. The molecule has 0 fully saturated rings. The van der Waals surface area contributed by atoms with Crippen molar-refractivity contribution in [3.8, 4) is 0 Å². The average molecular weight is 214 g/mol. The molecule has 80 valence electrons. The van der Waals surface area contributed by atoms with Gasteiger partial charge in [-0.1, -0.05) is 35.4 Å². The van der Waals surface area contributed by atoms with Gasteiger partial charge in [0.2, 0.25) is 0 Å². The molecule has 0 aliphatic heterocycles. The summed E-state index contributed by atoms with van der Waals surface area (Å²) in [4.78, 5) is 0. The lowest BCUT2D eigenvalue weighted by Gasteiger charge is -1.95. The fraction of sp³-hybridized carbons (Fsp3) is 0.143. The van der Waals surface area contributed by atoms with Crippen LogP contribution in [0.2, 0.25) is 0 Å². The molecule has 2 heteroatoms. The summed E-state index contributed by atoms with van der Waals surface area (Å²) in [6, 6.07) is 6.87. The van der Waals surface area contributed by atoms with Crippen molar-refractivity contribution in [2.75, 3.05) is 0 Å².